The first-order valence-electron chi connectivity index (χ1n) is 6.89. The van der Waals surface area contributed by atoms with E-state index < -0.39 is 11.9 Å². The predicted octanol–water partition coefficient (Wildman–Crippen LogP) is 5.10. The molecule has 0 amide bonds. The molecule has 0 aliphatic rings. The standard InChI is InChI=1S/C18H11F3N2/c1-11-6-5-9-14-15(11)13(10-22)16(12-7-3-2-4-8-12)17(23-14)18(19,20)21/h2-9H,1H3. The van der Waals surface area contributed by atoms with Gasteiger partial charge in [0, 0.05) is 10.9 Å². The number of hydrogen-bond donors (Lipinski definition) is 0. The molecule has 0 aliphatic carbocycles. The van der Waals surface area contributed by atoms with Gasteiger partial charge in [0.2, 0.25) is 0 Å². The molecule has 2 nitrogen and oxygen atoms in total. The van der Waals surface area contributed by atoms with Gasteiger partial charge in [-0.25, -0.2) is 4.98 Å². The zero-order valence-corrected chi connectivity index (χ0v) is 12.1. The number of halogens is 3. The van der Waals surface area contributed by atoms with Crippen LogP contribution in [0.25, 0.3) is 22.0 Å². The second kappa shape index (κ2) is 5.40. The summed E-state index contributed by atoms with van der Waals surface area (Å²) in [6.07, 6.45) is -4.64. The number of hydrogen-bond acceptors (Lipinski definition) is 2. The van der Waals surface area contributed by atoms with Crippen LogP contribution in [0.5, 0.6) is 0 Å². The molecule has 114 valence electrons. The summed E-state index contributed by atoms with van der Waals surface area (Å²) in [5.74, 6) is 0. The van der Waals surface area contributed by atoms with E-state index in [1.54, 1.807) is 49.4 Å². The number of rotatable bonds is 1. The number of nitrogens with zero attached hydrogens (tertiary/aromatic N) is 2. The van der Waals surface area contributed by atoms with Gasteiger partial charge in [-0.2, -0.15) is 18.4 Å². The molecular formula is C18H11F3N2. The average molecular weight is 312 g/mol. The summed E-state index contributed by atoms with van der Waals surface area (Å²) in [6, 6.07) is 14.9. The molecule has 0 unspecified atom stereocenters. The van der Waals surface area contributed by atoms with Crippen LogP contribution in [0.2, 0.25) is 0 Å². The first-order chi connectivity index (χ1) is 10.9. The molecule has 0 saturated heterocycles. The molecule has 3 aromatic rings. The quantitative estimate of drug-likeness (QED) is 0.627. The zero-order chi connectivity index (χ0) is 16.6. The Balaban J connectivity index is 2.54. The van der Waals surface area contributed by atoms with E-state index in [-0.39, 0.29) is 16.6 Å². The minimum absolute atomic E-state index is 0.00613. The highest BCUT2D eigenvalue weighted by molar-refractivity contribution is 5.95. The largest absolute Gasteiger partial charge is 0.434 e. The number of aromatic nitrogens is 1. The van der Waals surface area contributed by atoms with Crippen molar-refractivity contribution >= 4 is 10.9 Å². The molecule has 0 aliphatic heterocycles. The van der Waals surface area contributed by atoms with Crippen LogP contribution >= 0.6 is 0 Å². The van der Waals surface area contributed by atoms with Gasteiger partial charge < -0.3 is 0 Å². The van der Waals surface area contributed by atoms with Crippen LogP contribution < -0.4 is 0 Å². The van der Waals surface area contributed by atoms with Crippen molar-refractivity contribution in [2.45, 2.75) is 13.1 Å². The Labute approximate surface area is 130 Å². The van der Waals surface area contributed by atoms with Crippen molar-refractivity contribution in [3.8, 4) is 17.2 Å². The Morgan fingerprint density at radius 1 is 1.00 bits per heavy atom. The molecule has 0 spiro atoms. The third-order valence-electron chi connectivity index (χ3n) is 3.66. The van der Waals surface area contributed by atoms with Crippen molar-refractivity contribution in [3.05, 3.63) is 65.4 Å². The molecule has 0 bridgehead atoms. The smallest absolute Gasteiger partial charge is 0.243 e. The Morgan fingerprint density at radius 3 is 2.30 bits per heavy atom. The van der Waals surface area contributed by atoms with Crippen molar-refractivity contribution < 1.29 is 13.2 Å². The van der Waals surface area contributed by atoms with Gasteiger partial charge in [-0.3, -0.25) is 0 Å². The summed E-state index contributed by atoms with van der Waals surface area (Å²) in [6.45, 7) is 1.76. The molecule has 2 aromatic carbocycles. The van der Waals surface area contributed by atoms with Crippen molar-refractivity contribution in [2.75, 3.05) is 0 Å². The highest BCUT2D eigenvalue weighted by atomic mass is 19.4. The van der Waals surface area contributed by atoms with E-state index in [9.17, 15) is 18.4 Å². The van der Waals surface area contributed by atoms with Gasteiger partial charge >= 0.3 is 6.18 Å². The third kappa shape index (κ3) is 2.53. The third-order valence-corrected chi connectivity index (χ3v) is 3.66. The van der Waals surface area contributed by atoms with Gasteiger partial charge in [-0.1, -0.05) is 42.5 Å². The van der Waals surface area contributed by atoms with E-state index in [2.05, 4.69) is 4.98 Å². The van der Waals surface area contributed by atoms with Crippen LogP contribution in [-0.4, -0.2) is 4.98 Å². The highest BCUT2D eigenvalue weighted by Gasteiger charge is 2.38. The first kappa shape index (κ1) is 15.0. The minimum Gasteiger partial charge on any atom is -0.243 e. The maximum Gasteiger partial charge on any atom is 0.434 e. The number of alkyl halides is 3. The lowest BCUT2D eigenvalue weighted by atomic mass is 9.93. The SMILES string of the molecule is Cc1cccc2nc(C(F)(F)F)c(-c3ccccc3)c(C#N)c12. The molecule has 0 N–H and O–H groups in total. The van der Waals surface area contributed by atoms with E-state index in [1.165, 1.54) is 6.07 Å². The predicted molar refractivity (Wildman–Crippen MR) is 81.6 cm³/mol. The number of fused-ring (bicyclic) bond motifs is 1. The molecule has 1 aromatic heterocycles. The van der Waals surface area contributed by atoms with Crippen LogP contribution in [0, 0.1) is 18.3 Å². The summed E-state index contributed by atoms with van der Waals surface area (Å²) in [5.41, 5.74) is 0.0346. The number of nitriles is 1. The van der Waals surface area contributed by atoms with Gasteiger partial charge in [0.05, 0.1) is 11.1 Å². The molecule has 5 heteroatoms. The van der Waals surface area contributed by atoms with E-state index in [0.717, 1.165) is 5.56 Å². The van der Waals surface area contributed by atoms with Gasteiger partial charge in [0.15, 0.2) is 5.69 Å². The monoisotopic (exact) mass is 312 g/mol. The lowest BCUT2D eigenvalue weighted by Crippen LogP contribution is -2.12. The maximum absolute atomic E-state index is 13.5. The van der Waals surface area contributed by atoms with Crippen LogP contribution in [0.15, 0.2) is 48.5 Å². The van der Waals surface area contributed by atoms with Gasteiger partial charge in [0.1, 0.15) is 6.07 Å². The molecule has 23 heavy (non-hydrogen) atoms. The Hall–Kier alpha value is -2.87. The van der Waals surface area contributed by atoms with Crippen LogP contribution in [0.3, 0.4) is 0 Å². The lowest BCUT2D eigenvalue weighted by Gasteiger charge is -2.16. The topological polar surface area (TPSA) is 36.7 Å². The van der Waals surface area contributed by atoms with E-state index in [1.807, 2.05) is 6.07 Å². The second-order valence-corrected chi connectivity index (χ2v) is 5.16. The summed E-state index contributed by atoms with van der Waals surface area (Å²) in [7, 11) is 0. The van der Waals surface area contributed by atoms with Crippen molar-refractivity contribution in [3.63, 3.8) is 0 Å². The molecule has 0 fully saturated rings. The Bertz CT molecular complexity index is 923. The zero-order valence-electron chi connectivity index (χ0n) is 12.1. The van der Waals surface area contributed by atoms with Crippen molar-refractivity contribution in [1.29, 1.82) is 5.26 Å². The summed E-state index contributed by atoms with van der Waals surface area (Å²) in [5, 5.41) is 10.0. The number of benzene rings is 2. The fourth-order valence-corrected chi connectivity index (χ4v) is 2.69. The normalized spacial score (nSPS) is 11.4. The minimum atomic E-state index is -4.64. The van der Waals surface area contributed by atoms with Crippen molar-refractivity contribution in [2.24, 2.45) is 0 Å². The summed E-state index contributed by atoms with van der Waals surface area (Å²) >= 11 is 0. The summed E-state index contributed by atoms with van der Waals surface area (Å²) < 4.78 is 40.5. The van der Waals surface area contributed by atoms with Crippen LogP contribution in [0.1, 0.15) is 16.8 Å². The van der Waals surface area contributed by atoms with Crippen LogP contribution in [0.4, 0.5) is 13.2 Å². The molecule has 0 atom stereocenters. The van der Waals surface area contributed by atoms with E-state index in [0.29, 0.717) is 10.9 Å². The van der Waals surface area contributed by atoms with E-state index >= 15 is 0 Å². The van der Waals surface area contributed by atoms with Gasteiger partial charge in [0.25, 0.3) is 0 Å². The Morgan fingerprint density at radius 2 is 1.70 bits per heavy atom. The fraction of sp³-hybridized carbons (Fsp3) is 0.111. The van der Waals surface area contributed by atoms with E-state index in [4.69, 9.17) is 0 Å². The van der Waals surface area contributed by atoms with Gasteiger partial charge in [-0.05, 0) is 24.1 Å². The molecule has 0 saturated carbocycles. The molecule has 1 heterocycles. The number of pyridine rings is 1. The highest BCUT2D eigenvalue weighted by Crippen LogP contribution is 2.40. The second-order valence-electron chi connectivity index (χ2n) is 5.16. The molecule has 3 rings (SSSR count). The number of aryl methyl sites for hydroxylation is 1. The molecule has 0 radical (unpaired) electrons. The molecular weight excluding hydrogens is 301 g/mol. The summed E-state index contributed by atoms with van der Waals surface area (Å²) in [4.78, 5) is 3.82. The Kier molecular flexibility index (Phi) is 3.53. The van der Waals surface area contributed by atoms with Crippen molar-refractivity contribution in [1.82, 2.24) is 4.98 Å². The fourth-order valence-electron chi connectivity index (χ4n) is 2.69. The van der Waals surface area contributed by atoms with Gasteiger partial charge in [-0.15, -0.1) is 0 Å². The lowest BCUT2D eigenvalue weighted by molar-refractivity contribution is -0.140. The first-order valence-corrected chi connectivity index (χ1v) is 6.89. The maximum atomic E-state index is 13.5. The average Bonchev–Trinajstić information content (AvgIpc) is 2.53. The van der Waals surface area contributed by atoms with Crippen LogP contribution in [-0.2, 0) is 6.18 Å².